The summed E-state index contributed by atoms with van der Waals surface area (Å²) < 4.78 is 36.5. The molecule has 1 aliphatic rings. The van der Waals surface area contributed by atoms with Gasteiger partial charge in [0, 0.05) is 13.1 Å². The number of hydrogen-bond acceptors (Lipinski definition) is 7. The van der Waals surface area contributed by atoms with Crippen molar-refractivity contribution in [3.8, 4) is 0 Å². The van der Waals surface area contributed by atoms with Gasteiger partial charge >= 0.3 is 6.18 Å². The number of nitrogens with zero attached hydrogens (tertiary/aromatic N) is 4. The van der Waals surface area contributed by atoms with Gasteiger partial charge in [0.1, 0.15) is 0 Å². The molecule has 4 N–H and O–H groups in total. The van der Waals surface area contributed by atoms with Gasteiger partial charge in [-0.3, -0.25) is 0 Å². The zero-order valence-electron chi connectivity index (χ0n) is 10.6. The van der Waals surface area contributed by atoms with Crippen LogP contribution >= 0.6 is 0 Å². The molecule has 2 heterocycles. The van der Waals surface area contributed by atoms with Crippen LogP contribution < -0.4 is 16.0 Å². The summed E-state index contributed by atoms with van der Waals surface area (Å²) in [6, 6.07) is 0. The van der Waals surface area contributed by atoms with Crippen LogP contribution in [0.2, 0.25) is 0 Å². The topological polar surface area (TPSA) is 100 Å². The lowest BCUT2D eigenvalue weighted by molar-refractivity contribution is -0.198. The Balaban J connectivity index is 2.04. The number of hydrogen-bond donors (Lipinski definition) is 3. The second-order valence-corrected chi connectivity index (χ2v) is 4.45. The van der Waals surface area contributed by atoms with Crippen LogP contribution in [-0.2, 0) is 0 Å². The number of nitrogens with one attached hydrogen (secondary N) is 1. The second kappa shape index (κ2) is 5.65. The van der Waals surface area contributed by atoms with Crippen LogP contribution in [0.15, 0.2) is 0 Å². The lowest BCUT2D eigenvalue weighted by Gasteiger charge is -2.17. The largest absolute Gasteiger partial charge is 0.416 e. The summed E-state index contributed by atoms with van der Waals surface area (Å²) in [6.07, 6.45) is -5.18. The van der Waals surface area contributed by atoms with Crippen molar-refractivity contribution in [1.29, 1.82) is 0 Å². The first-order valence-corrected chi connectivity index (χ1v) is 6.11. The van der Waals surface area contributed by atoms with E-state index in [4.69, 9.17) is 10.8 Å². The van der Waals surface area contributed by atoms with Gasteiger partial charge in [-0.1, -0.05) is 0 Å². The molecule has 0 bridgehead atoms. The summed E-state index contributed by atoms with van der Waals surface area (Å²) in [5.74, 6) is 0.174. The lowest BCUT2D eigenvalue weighted by atomic mass is 10.3. The van der Waals surface area contributed by atoms with Crippen molar-refractivity contribution >= 4 is 17.8 Å². The average Bonchev–Trinajstić information content (AvgIpc) is 2.88. The van der Waals surface area contributed by atoms with Crippen LogP contribution in [0, 0.1) is 0 Å². The van der Waals surface area contributed by atoms with Gasteiger partial charge in [-0.05, 0) is 12.8 Å². The molecule has 0 aromatic carbocycles. The van der Waals surface area contributed by atoms with Crippen molar-refractivity contribution < 1.29 is 18.3 Å². The molecule has 10 heteroatoms. The highest BCUT2D eigenvalue weighted by molar-refractivity contribution is 5.42. The number of nitrogens with two attached hydrogens (primary N) is 1. The molecule has 1 atom stereocenters. The summed E-state index contributed by atoms with van der Waals surface area (Å²) in [5.41, 5.74) is 5.51. The zero-order valence-corrected chi connectivity index (χ0v) is 10.6. The van der Waals surface area contributed by atoms with Gasteiger partial charge in [-0.15, -0.1) is 0 Å². The van der Waals surface area contributed by atoms with Crippen LogP contribution in [0.1, 0.15) is 12.8 Å². The van der Waals surface area contributed by atoms with Crippen molar-refractivity contribution in [3.63, 3.8) is 0 Å². The summed E-state index contributed by atoms with van der Waals surface area (Å²) in [4.78, 5) is 13.5. The highest BCUT2D eigenvalue weighted by Crippen LogP contribution is 2.21. The summed E-state index contributed by atoms with van der Waals surface area (Å²) >= 11 is 0. The van der Waals surface area contributed by atoms with Crippen molar-refractivity contribution in [2.45, 2.75) is 25.1 Å². The first-order valence-electron chi connectivity index (χ1n) is 6.11. The molecular formula is C10H15F3N6O. The van der Waals surface area contributed by atoms with Crippen LogP contribution in [-0.4, -0.2) is 52.0 Å². The Bertz CT molecular complexity index is 463. The van der Waals surface area contributed by atoms with Gasteiger partial charge in [-0.2, -0.15) is 28.1 Å². The molecule has 1 aliphatic heterocycles. The van der Waals surface area contributed by atoms with E-state index in [0.717, 1.165) is 25.9 Å². The smallest absolute Gasteiger partial charge is 0.382 e. The maximum Gasteiger partial charge on any atom is 0.416 e. The minimum atomic E-state index is -4.69. The molecule has 1 fully saturated rings. The zero-order chi connectivity index (χ0) is 14.8. The highest BCUT2D eigenvalue weighted by Gasteiger charge is 2.38. The van der Waals surface area contributed by atoms with E-state index in [1.165, 1.54) is 0 Å². The van der Waals surface area contributed by atoms with Crippen molar-refractivity contribution in [1.82, 2.24) is 15.0 Å². The van der Waals surface area contributed by atoms with Crippen LogP contribution in [0.5, 0.6) is 0 Å². The fourth-order valence-corrected chi connectivity index (χ4v) is 1.82. The van der Waals surface area contributed by atoms with Crippen molar-refractivity contribution in [2.75, 3.05) is 35.6 Å². The van der Waals surface area contributed by atoms with E-state index in [0.29, 0.717) is 5.95 Å². The average molecular weight is 292 g/mol. The molecule has 0 amide bonds. The standard InChI is InChI=1S/C10H15F3N6O/c11-10(12,13)6(20)5-15-8-16-7(14)17-9(18-8)19-3-1-2-4-19/h6,20H,1-5H2,(H3,14,15,16,17,18). The molecule has 0 saturated carbocycles. The monoisotopic (exact) mass is 292 g/mol. The third-order valence-corrected chi connectivity index (χ3v) is 2.86. The maximum atomic E-state index is 12.2. The predicted molar refractivity (Wildman–Crippen MR) is 66.2 cm³/mol. The minimum Gasteiger partial charge on any atom is -0.382 e. The SMILES string of the molecule is Nc1nc(NCC(O)C(F)(F)F)nc(N2CCCC2)n1. The highest BCUT2D eigenvalue weighted by atomic mass is 19.4. The first-order chi connectivity index (χ1) is 9.36. The Morgan fingerprint density at radius 1 is 1.25 bits per heavy atom. The number of aromatic nitrogens is 3. The fraction of sp³-hybridized carbons (Fsp3) is 0.700. The summed E-state index contributed by atoms with van der Waals surface area (Å²) in [7, 11) is 0. The number of aliphatic hydroxyl groups is 1. The summed E-state index contributed by atoms with van der Waals surface area (Å²) in [6.45, 7) is 0.800. The van der Waals surface area contributed by atoms with Gasteiger partial charge in [0.05, 0.1) is 6.54 Å². The van der Waals surface area contributed by atoms with Gasteiger partial charge in [0.2, 0.25) is 17.8 Å². The predicted octanol–water partition coefficient (Wildman–Crippen LogP) is 0.389. The number of halogens is 3. The molecule has 20 heavy (non-hydrogen) atoms. The van der Waals surface area contributed by atoms with Crippen molar-refractivity contribution in [3.05, 3.63) is 0 Å². The van der Waals surface area contributed by atoms with E-state index >= 15 is 0 Å². The molecule has 1 aromatic heterocycles. The Labute approximate surface area is 113 Å². The number of rotatable bonds is 4. The van der Waals surface area contributed by atoms with Gasteiger partial charge in [0.25, 0.3) is 0 Å². The van der Waals surface area contributed by atoms with E-state index in [1.807, 2.05) is 4.90 Å². The minimum absolute atomic E-state index is 0.0779. The second-order valence-electron chi connectivity index (χ2n) is 4.45. The maximum absolute atomic E-state index is 12.2. The molecule has 7 nitrogen and oxygen atoms in total. The Hall–Kier alpha value is -1.84. The first kappa shape index (κ1) is 14.6. The molecular weight excluding hydrogens is 277 g/mol. The Morgan fingerprint density at radius 3 is 2.50 bits per heavy atom. The van der Waals surface area contributed by atoms with Gasteiger partial charge in [-0.25, -0.2) is 0 Å². The third kappa shape index (κ3) is 3.59. The molecule has 1 unspecified atom stereocenters. The number of nitrogen functional groups attached to an aromatic ring is 1. The van der Waals surface area contributed by atoms with Gasteiger partial charge < -0.3 is 21.1 Å². The molecule has 1 aromatic rings. The van der Waals surface area contributed by atoms with Gasteiger partial charge in [0.15, 0.2) is 6.10 Å². The quantitative estimate of drug-likeness (QED) is 0.738. The third-order valence-electron chi connectivity index (χ3n) is 2.86. The van der Waals surface area contributed by atoms with Crippen LogP contribution in [0.4, 0.5) is 31.0 Å². The molecule has 2 rings (SSSR count). The fourth-order valence-electron chi connectivity index (χ4n) is 1.82. The van der Waals surface area contributed by atoms with E-state index in [1.54, 1.807) is 0 Å². The number of alkyl halides is 3. The molecule has 0 radical (unpaired) electrons. The van der Waals surface area contributed by atoms with Crippen molar-refractivity contribution in [2.24, 2.45) is 0 Å². The van der Waals surface area contributed by atoms with E-state index in [-0.39, 0.29) is 11.9 Å². The molecule has 0 spiro atoms. The lowest BCUT2D eigenvalue weighted by Crippen LogP contribution is -2.35. The van der Waals surface area contributed by atoms with Crippen LogP contribution in [0.25, 0.3) is 0 Å². The normalized spacial score (nSPS) is 17.3. The molecule has 1 saturated heterocycles. The van der Waals surface area contributed by atoms with E-state index in [9.17, 15) is 13.2 Å². The Kier molecular flexibility index (Phi) is 4.12. The molecule has 112 valence electrons. The van der Waals surface area contributed by atoms with E-state index < -0.39 is 18.8 Å². The van der Waals surface area contributed by atoms with Crippen LogP contribution in [0.3, 0.4) is 0 Å². The number of aliphatic hydroxyl groups excluding tert-OH is 1. The summed E-state index contributed by atoms with van der Waals surface area (Å²) in [5, 5.41) is 11.2. The Morgan fingerprint density at radius 2 is 1.90 bits per heavy atom. The number of anilines is 3. The molecule has 0 aliphatic carbocycles. The van der Waals surface area contributed by atoms with E-state index in [2.05, 4.69) is 20.3 Å².